The molecule has 2 rings (SSSR count). The van der Waals surface area contributed by atoms with E-state index in [1.165, 1.54) is 18.5 Å². The lowest BCUT2D eigenvalue weighted by atomic mass is 10.1. The van der Waals surface area contributed by atoms with Crippen LogP contribution >= 0.6 is 0 Å². The molecule has 0 saturated heterocycles. The summed E-state index contributed by atoms with van der Waals surface area (Å²) >= 11 is 0. The zero-order chi connectivity index (χ0) is 9.26. The average molecular weight is 175 g/mol. The molecule has 0 spiro atoms. The lowest BCUT2D eigenvalue weighted by Crippen LogP contribution is -2.15. The molecule has 1 saturated carbocycles. The molecule has 0 aromatic heterocycles. The normalized spacial score (nSPS) is 26.4. The number of hydrogen-bond donors (Lipinski definition) is 0. The summed E-state index contributed by atoms with van der Waals surface area (Å²) in [5.74, 6) is 1.74. The van der Waals surface area contributed by atoms with Crippen LogP contribution in [0.3, 0.4) is 0 Å². The maximum atomic E-state index is 2.29. The van der Waals surface area contributed by atoms with E-state index in [1.54, 1.807) is 0 Å². The predicted molar refractivity (Wildman–Crippen MR) is 55.8 cm³/mol. The van der Waals surface area contributed by atoms with Gasteiger partial charge in [-0.2, -0.15) is 0 Å². The fourth-order valence-electron chi connectivity index (χ4n) is 2.03. The van der Waals surface area contributed by atoms with E-state index in [2.05, 4.69) is 49.3 Å². The van der Waals surface area contributed by atoms with E-state index in [1.807, 2.05) is 0 Å². The third-order valence-corrected chi connectivity index (χ3v) is 2.75. The molecule has 1 aromatic rings. The Hall–Kier alpha value is -0.820. The van der Waals surface area contributed by atoms with Crippen LogP contribution in [0.4, 0.5) is 0 Å². The van der Waals surface area contributed by atoms with Gasteiger partial charge >= 0.3 is 0 Å². The molecule has 1 nitrogen and oxygen atoms in total. The van der Waals surface area contributed by atoms with E-state index in [0.717, 1.165) is 11.8 Å². The van der Waals surface area contributed by atoms with Gasteiger partial charge in [-0.05, 0) is 37.9 Å². The van der Waals surface area contributed by atoms with Crippen LogP contribution in [0, 0.1) is 5.92 Å². The van der Waals surface area contributed by atoms with Gasteiger partial charge < -0.3 is 4.90 Å². The minimum absolute atomic E-state index is 0.837. The van der Waals surface area contributed by atoms with Gasteiger partial charge in [0.05, 0.1) is 0 Å². The third kappa shape index (κ3) is 2.10. The molecule has 2 unspecified atom stereocenters. The number of hydrogen-bond acceptors (Lipinski definition) is 1. The molecule has 1 aromatic carbocycles. The van der Waals surface area contributed by atoms with Crippen molar-refractivity contribution >= 4 is 0 Å². The fraction of sp³-hybridized carbons (Fsp3) is 0.500. The Bertz CT molecular complexity index is 266. The minimum atomic E-state index is 0.837. The Morgan fingerprint density at radius 1 is 1.23 bits per heavy atom. The van der Waals surface area contributed by atoms with Crippen LogP contribution in [0.5, 0.6) is 0 Å². The summed E-state index contributed by atoms with van der Waals surface area (Å²) in [5, 5.41) is 0. The second-order valence-electron chi connectivity index (χ2n) is 4.28. The molecule has 0 amide bonds. The first-order valence-electron chi connectivity index (χ1n) is 4.97. The highest BCUT2D eigenvalue weighted by atomic mass is 15.1. The van der Waals surface area contributed by atoms with Gasteiger partial charge in [0.2, 0.25) is 0 Å². The first-order valence-corrected chi connectivity index (χ1v) is 4.97. The number of nitrogens with zero attached hydrogens (tertiary/aromatic N) is 1. The highest BCUT2D eigenvalue weighted by Crippen LogP contribution is 2.47. The quantitative estimate of drug-likeness (QED) is 0.681. The number of rotatable bonds is 3. The first-order chi connectivity index (χ1) is 6.27. The van der Waals surface area contributed by atoms with Crippen LogP contribution in [0.2, 0.25) is 0 Å². The maximum absolute atomic E-state index is 2.29. The van der Waals surface area contributed by atoms with Crippen LogP contribution in [0.25, 0.3) is 0 Å². The van der Waals surface area contributed by atoms with Crippen molar-refractivity contribution in [2.75, 3.05) is 20.6 Å². The Labute approximate surface area is 80.4 Å². The van der Waals surface area contributed by atoms with E-state index in [4.69, 9.17) is 0 Å². The molecule has 1 aliphatic rings. The second-order valence-corrected chi connectivity index (χ2v) is 4.28. The van der Waals surface area contributed by atoms with Gasteiger partial charge in [-0.1, -0.05) is 30.3 Å². The van der Waals surface area contributed by atoms with Crippen molar-refractivity contribution in [1.82, 2.24) is 4.90 Å². The molecule has 0 aliphatic heterocycles. The van der Waals surface area contributed by atoms with Crippen molar-refractivity contribution in [3.63, 3.8) is 0 Å². The molecule has 1 aliphatic carbocycles. The summed E-state index contributed by atoms with van der Waals surface area (Å²) in [6.45, 7) is 1.24. The van der Waals surface area contributed by atoms with Crippen LogP contribution in [0.1, 0.15) is 17.9 Å². The molecular formula is C12H17N. The van der Waals surface area contributed by atoms with Crippen molar-refractivity contribution in [3.05, 3.63) is 35.9 Å². The summed E-state index contributed by atoms with van der Waals surface area (Å²) in [7, 11) is 4.31. The summed E-state index contributed by atoms with van der Waals surface area (Å²) in [6, 6.07) is 10.9. The van der Waals surface area contributed by atoms with E-state index >= 15 is 0 Å². The molecule has 0 heterocycles. The summed E-state index contributed by atoms with van der Waals surface area (Å²) in [5.41, 5.74) is 1.52. The Morgan fingerprint density at radius 2 is 1.92 bits per heavy atom. The smallest absolute Gasteiger partial charge is 0.000963 e. The first kappa shape index (κ1) is 8.76. The van der Waals surface area contributed by atoms with Crippen molar-refractivity contribution in [1.29, 1.82) is 0 Å². The molecule has 13 heavy (non-hydrogen) atoms. The average Bonchev–Trinajstić information content (AvgIpc) is 2.84. The van der Waals surface area contributed by atoms with Crippen LogP contribution < -0.4 is 0 Å². The molecule has 1 fully saturated rings. The van der Waals surface area contributed by atoms with Gasteiger partial charge in [-0.25, -0.2) is 0 Å². The van der Waals surface area contributed by atoms with E-state index in [-0.39, 0.29) is 0 Å². The topological polar surface area (TPSA) is 3.24 Å². The molecule has 0 N–H and O–H groups in total. The van der Waals surface area contributed by atoms with Crippen LogP contribution in [0.15, 0.2) is 30.3 Å². The zero-order valence-electron chi connectivity index (χ0n) is 8.40. The van der Waals surface area contributed by atoms with Gasteiger partial charge in [0, 0.05) is 6.54 Å². The summed E-state index contributed by atoms with van der Waals surface area (Å²) < 4.78 is 0. The number of benzene rings is 1. The molecular weight excluding hydrogens is 158 g/mol. The monoisotopic (exact) mass is 175 g/mol. The van der Waals surface area contributed by atoms with Crippen molar-refractivity contribution in [2.45, 2.75) is 12.3 Å². The summed E-state index contributed by atoms with van der Waals surface area (Å²) in [4.78, 5) is 2.29. The standard InChI is InChI=1S/C12H17N/c1-13(2)9-11-8-12(11)10-6-4-3-5-7-10/h3-7,11-12H,8-9H2,1-2H3. The molecule has 0 radical (unpaired) electrons. The predicted octanol–water partition coefficient (Wildman–Crippen LogP) is 2.35. The molecule has 0 bridgehead atoms. The minimum Gasteiger partial charge on any atom is -0.309 e. The van der Waals surface area contributed by atoms with E-state index < -0.39 is 0 Å². The Balaban J connectivity index is 1.93. The lowest BCUT2D eigenvalue weighted by Gasteiger charge is -2.08. The van der Waals surface area contributed by atoms with Crippen molar-refractivity contribution in [3.8, 4) is 0 Å². The third-order valence-electron chi connectivity index (χ3n) is 2.75. The summed E-state index contributed by atoms with van der Waals surface area (Å²) in [6.07, 6.45) is 1.38. The second kappa shape index (κ2) is 3.51. The van der Waals surface area contributed by atoms with Gasteiger partial charge in [-0.15, -0.1) is 0 Å². The van der Waals surface area contributed by atoms with Crippen molar-refractivity contribution < 1.29 is 0 Å². The van der Waals surface area contributed by atoms with Crippen LogP contribution in [-0.4, -0.2) is 25.5 Å². The fourth-order valence-corrected chi connectivity index (χ4v) is 2.03. The highest BCUT2D eigenvalue weighted by molar-refractivity contribution is 5.25. The lowest BCUT2D eigenvalue weighted by molar-refractivity contribution is 0.385. The van der Waals surface area contributed by atoms with Gasteiger partial charge in [0.1, 0.15) is 0 Å². The van der Waals surface area contributed by atoms with Gasteiger partial charge in [0.15, 0.2) is 0 Å². The molecule has 1 heteroatoms. The largest absolute Gasteiger partial charge is 0.309 e. The van der Waals surface area contributed by atoms with Crippen LogP contribution in [-0.2, 0) is 0 Å². The molecule has 70 valence electrons. The van der Waals surface area contributed by atoms with Crippen molar-refractivity contribution in [2.24, 2.45) is 5.92 Å². The Morgan fingerprint density at radius 3 is 2.54 bits per heavy atom. The Kier molecular flexibility index (Phi) is 2.36. The zero-order valence-corrected chi connectivity index (χ0v) is 8.40. The highest BCUT2D eigenvalue weighted by Gasteiger charge is 2.37. The van der Waals surface area contributed by atoms with E-state index in [0.29, 0.717) is 0 Å². The van der Waals surface area contributed by atoms with Gasteiger partial charge in [-0.3, -0.25) is 0 Å². The van der Waals surface area contributed by atoms with E-state index in [9.17, 15) is 0 Å². The van der Waals surface area contributed by atoms with Gasteiger partial charge in [0.25, 0.3) is 0 Å². The molecule has 2 atom stereocenters. The SMILES string of the molecule is CN(C)CC1CC1c1ccccc1. The maximum Gasteiger partial charge on any atom is 0.000963 e.